The van der Waals surface area contributed by atoms with Gasteiger partial charge in [-0.1, -0.05) is 17.7 Å². The summed E-state index contributed by atoms with van der Waals surface area (Å²) >= 11 is 0. The smallest absolute Gasteiger partial charge is 0.161 e. The van der Waals surface area contributed by atoms with Gasteiger partial charge in [0.15, 0.2) is 11.5 Å². The first-order chi connectivity index (χ1) is 9.72. The maximum Gasteiger partial charge on any atom is 0.161 e. The Labute approximate surface area is 119 Å². The van der Waals surface area contributed by atoms with E-state index in [4.69, 9.17) is 9.47 Å². The molecule has 2 aromatic carbocycles. The van der Waals surface area contributed by atoms with E-state index in [0.29, 0.717) is 6.61 Å². The van der Waals surface area contributed by atoms with E-state index < -0.39 is 0 Å². The van der Waals surface area contributed by atoms with Gasteiger partial charge in [0, 0.05) is 6.21 Å². The predicted octanol–water partition coefficient (Wildman–Crippen LogP) is 4.15. The van der Waals surface area contributed by atoms with Gasteiger partial charge in [-0.15, -0.1) is 0 Å². The van der Waals surface area contributed by atoms with Gasteiger partial charge >= 0.3 is 0 Å². The Balaban J connectivity index is 2.20. The Morgan fingerprint density at radius 1 is 1.05 bits per heavy atom. The molecule has 0 spiro atoms. The molecule has 0 bridgehead atoms. The van der Waals surface area contributed by atoms with Crippen molar-refractivity contribution in [1.82, 2.24) is 0 Å². The first-order valence-corrected chi connectivity index (χ1v) is 6.64. The van der Waals surface area contributed by atoms with Crippen LogP contribution in [-0.2, 0) is 0 Å². The van der Waals surface area contributed by atoms with Crippen molar-refractivity contribution >= 4 is 11.9 Å². The van der Waals surface area contributed by atoms with Crippen LogP contribution >= 0.6 is 0 Å². The molecule has 0 saturated carbocycles. The highest BCUT2D eigenvalue weighted by Gasteiger charge is 2.03. The molecule has 0 N–H and O–H groups in total. The van der Waals surface area contributed by atoms with Gasteiger partial charge in [0.25, 0.3) is 0 Å². The summed E-state index contributed by atoms with van der Waals surface area (Å²) in [5.74, 6) is 1.47. The van der Waals surface area contributed by atoms with Crippen LogP contribution in [-0.4, -0.2) is 19.9 Å². The number of ether oxygens (including phenoxy) is 2. The summed E-state index contributed by atoms with van der Waals surface area (Å²) in [5, 5.41) is 0. The van der Waals surface area contributed by atoms with Crippen LogP contribution in [0.15, 0.2) is 47.5 Å². The molecule has 0 fully saturated rings. The SMILES string of the molecule is CCOc1cc(C=Nc2ccc(C)cc2)ccc1OC. The summed E-state index contributed by atoms with van der Waals surface area (Å²) in [4.78, 5) is 4.45. The lowest BCUT2D eigenvalue weighted by atomic mass is 10.2. The fraction of sp³-hybridized carbons (Fsp3) is 0.235. The average molecular weight is 269 g/mol. The Morgan fingerprint density at radius 2 is 1.80 bits per heavy atom. The van der Waals surface area contributed by atoms with Crippen LogP contribution in [0.25, 0.3) is 0 Å². The minimum Gasteiger partial charge on any atom is -0.493 e. The van der Waals surface area contributed by atoms with Crippen LogP contribution in [0.4, 0.5) is 5.69 Å². The molecule has 2 aromatic rings. The molecule has 0 aliphatic rings. The lowest BCUT2D eigenvalue weighted by Crippen LogP contribution is -1.96. The number of benzene rings is 2. The maximum absolute atomic E-state index is 5.55. The van der Waals surface area contributed by atoms with E-state index in [1.54, 1.807) is 7.11 Å². The summed E-state index contributed by atoms with van der Waals surface area (Å²) in [5.41, 5.74) is 3.14. The Morgan fingerprint density at radius 3 is 2.45 bits per heavy atom. The molecule has 0 amide bonds. The molecule has 3 nitrogen and oxygen atoms in total. The molecule has 0 atom stereocenters. The summed E-state index contributed by atoms with van der Waals surface area (Å²) < 4.78 is 10.8. The zero-order chi connectivity index (χ0) is 14.4. The highest BCUT2D eigenvalue weighted by atomic mass is 16.5. The number of hydrogen-bond donors (Lipinski definition) is 0. The summed E-state index contributed by atoms with van der Waals surface area (Å²) in [6, 6.07) is 13.9. The van der Waals surface area contributed by atoms with E-state index in [0.717, 1.165) is 22.7 Å². The van der Waals surface area contributed by atoms with Gasteiger partial charge in [-0.25, -0.2) is 0 Å². The van der Waals surface area contributed by atoms with Crippen LogP contribution in [0.2, 0.25) is 0 Å². The van der Waals surface area contributed by atoms with Crippen LogP contribution in [0.1, 0.15) is 18.1 Å². The number of rotatable bonds is 5. The lowest BCUT2D eigenvalue weighted by Gasteiger charge is -2.09. The highest BCUT2D eigenvalue weighted by Crippen LogP contribution is 2.27. The van der Waals surface area contributed by atoms with Crippen molar-refractivity contribution in [3.8, 4) is 11.5 Å². The molecular weight excluding hydrogens is 250 g/mol. The van der Waals surface area contributed by atoms with E-state index in [1.807, 2.05) is 55.6 Å². The highest BCUT2D eigenvalue weighted by molar-refractivity contribution is 5.83. The second-order valence-electron chi connectivity index (χ2n) is 4.44. The predicted molar refractivity (Wildman–Crippen MR) is 82.6 cm³/mol. The second kappa shape index (κ2) is 6.75. The van der Waals surface area contributed by atoms with Crippen molar-refractivity contribution in [2.75, 3.05) is 13.7 Å². The summed E-state index contributed by atoms with van der Waals surface area (Å²) in [7, 11) is 1.64. The van der Waals surface area contributed by atoms with Gasteiger partial charge in [-0.05, 0) is 49.7 Å². The van der Waals surface area contributed by atoms with Crippen molar-refractivity contribution in [3.05, 3.63) is 53.6 Å². The molecule has 0 heterocycles. The Kier molecular flexibility index (Phi) is 4.77. The molecule has 0 unspecified atom stereocenters. The number of hydrogen-bond acceptors (Lipinski definition) is 3. The van der Waals surface area contributed by atoms with Crippen molar-refractivity contribution in [2.45, 2.75) is 13.8 Å². The van der Waals surface area contributed by atoms with Crippen molar-refractivity contribution in [3.63, 3.8) is 0 Å². The van der Waals surface area contributed by atoms with E-state index >= 15 is 0 Å². The Bertz CT molecular complexity index is 588. The van der Waals surface area contributed by atoms with Crippen molar-refractivity contribution in [1.29, 1.82) is 0 Å². The van der Waals surface area contributed by atoms with Crippen LogP contribution < -0.4 is 9.47 Å². The van der Waals surface area contributed by atoms with Crippen molar-refractivity contribution in [2.24, 2.45) is 4.99 Å². The van der Waals surface area contributed by atoms with Gasteiger partial charge in [-0.3, -0.25) is 4.99 Å². The third-order valence-electron chi connectivity index (χ3n) is 2.88. The fourth-order valence-corrected chi connectivity index (χ4v) is 1.82. The van der Waals surface area contributed by atoms with Crippen LogP contribution in [0.3, 0.4) is 0 Å². The van der Waals surface area contributed by atoms with Gasteiger partial charge in [0.05, 0.1) is 19.4 Å². The Hall–Kier alpha value is -2.29. The normalized spacial score (nSPS) is 10.8. The summed E-state index contributed by atoms with van der Waals surface area (Å²) in [6.07, 6.45) is 1.83. The van der Waals surface area contributed by atoms with E-state index in [2.05, 4.69) is 11.9 Å². The lowest BCUT2D eigenvalue weighted by molar-refractivity contribution is 0.311. The molecule has 0 saturated heterocycles. The van der Waals surface area contributed by atoms with E-state index in [-0.39, 0.29) is 0 Å². The van der Waals surface area contributed by atoms with Gasteiger partial charge in [0.2, 0.25) is 0 Å². The standard InChI is InChI=1S/C17H19NO2/c1-4-20-17-11-14(7-10-16(17)19-3)12-18-15-8-5-13(2)6-9-15/h5-12H,4H2,1-3H3. The van der Waals surface area contributed by atoms with Crippen molar-refractivity contribution < 1.29 is 9.47 Å². The molecule has 104 valence electrons. The second-order valence-corrected chi connectivity index (χ2v) is 4.44. The maximum atomic E-state index is 5.55. The molecule has 3 heteroatoms. The third kappa shape index (κ3) is 3.60. The fourth-order valence-electron chi connectivity index (χ4n) is 1.82. The van der Waals surface area contributed by atoms with Gasteiger partial charge in [0.1, 0.15) is 0 Å². The first-order valence-electron chi connectivity index (χ1n) is 6.64. The molecule has 0 aliphatic carbocycles. The minimum atomic E-state index is 0.606. The van der Waals surface area contributed by atoms with Gasteiger partial charge < -0.3 is 9.47 Å². The molecule has 0 radical (unpaired) electrons. The number of aliphatic imine (C=N–C) groups is 1. The third-order valence-corrected chi connectivity index (χ3v) is 2.88. The zero-order valence-electron chi connectivity index (χ0n) is 12.1. The molecular formula is C17H19NO2. The molecule has 2 rings (SSSR count). The number of methoxy groups -OCH3 is 1. The van der Waals surface area contributed by atoms with Gasteiger partial charge in [-0.2, -0.15) is 0 Å². The largest absolute Gasteiger partial charge is 0.493 e. The first kappa shape index (κ1) is 14.1. The quantitative estimate of drug-likeness (QED) is 0.763. The van der Waals surface area contributed by atoms with Crippen LogP contribution in [0, 0.1) is 6.92 Å². The topological polar surface area (TPSA) is 30.8 Å². The number of nitrogens with zero attached hydrogens (tertiary/aromatic N) is 1. The molecule has 20 heavy (non-hydrogen) atoms. The van der Waals surface area contributed by atoms with E-state index in [9.17, 15) is 0 Å². The number of aryl methyl sites for hydroxylation is 1. The molecule has 0 aromatic heterocycles. The summed E-state index contributed by atoms with van der Waals surface area (Å²) in [6.45, 7) is 4.62. The minimum absolute atomic E-state index is 0.606. The average Bonchev–Trinajstić information content (AvgIpc) is 2.47. The monoisotopic (exact) mass is 269 g/mol. The molecule has 0 aliphatic heterocycles. The van der Waals surface area contributed by atoms with E-state index in [1.165, 1.54) is 5.56 Å². The zero-order valence-corrected chi connectivity index (χ0v) is 12.1. The van der Waals surface area contributed by atoms with Crippen LogP contribution in [0.5, 0.6) is 11.5 Å².